The Labute approximate surface area is 158 Å². The number of para-hydroxylation sites is 1. The van der Waals surface area contributed by atoms with E-state index < -0.39 is 6.10 Å². The molecule has 4 rings (SSSR count). The number of aliphatic hydroxyl groups excluding tert-OH is 1. The van der Waals surface area contributed by atoms with Crippen molar-refractivity contribution < 1.29 is 9.90 Å². The van der Waals surface area contributed by atoms with Crippen LogP contribution in [0.25, 0.3) is 21.7 Å². The molecule has 1 N–H and O–H groups in total. The molecule has 0 radical (unpaired) electrons. The monoisotopic (exact) mass is 357 g/mol. The average Bonchev–Trinajstić information content (AvgIpc) is 3.06. The van der Waals surface area contributed by atoms with E-state index in [2.05, 4.69) is 6.92 Å². The number of nitrogens with zero attached hydrogens (tertiary/aromatic N) is 1. The lowest BCUT2D eigenvalue weighted by Crippen LogP contribution is -2.14. The standard InChI is InChI=1S/C24H23NO2/c1-2-8-18(26)15-25-16-22(20-12-5-6-14-23(20)25)24(27)21-13-7-10-17-9-3-4-11-19(17)21/h3-7,9-14,16,18,26H,2,8,15H2,1H3/t18-/m0/s1. The van der Waals surface area contributed by atoms with E-state index in [1.54, 1.807) is 0 Å². The average molecular weight is 357 g/mol. The maximum Gasteiger partial charge on any atom is 0.195 e. The summed E-state index contributed by atoms with van der Waals surface area (Å²) in [6.07, 6.45) is 3.17. The van der Waals surface area contributed by atoms with Crippen molar-refractivity contribution in [3.05, 3.63) is 84.1 Å². The van der Waals surface area contributed by atoms with Gasteiger partial charge in [-0.1, -0.05) is 74.0 Å². The smallest absolute Gasteiger partial charge is 0.195 e. The van der Waals surface area contributed by atoms with Gasteiger partial charge >= 0.3 is 0 Å². The third-order valence-electron chi connectivity index (χ3n) is 5.10. The van der Waals surface area contributed by atoms with Crippen LogP contribution < -0.4 is 0 Å². The number of carbonyl (C=O) groups excluding carboxylic acids is 1. The number of fused-ring (bicyclic) bond motifs is 2. The Bertz CT molecular complexity index is 1100. The maximum absolute atomic E-state index is 13.4. The van der Waals surface area contributed by atoms with Crippen LogP contribution in [-0.4, -0.2) is 21.6 Å². The van der Waals surface area contributed by atoms with Crippen LogP contribution in [0.5, 0.6) is 0 Å². The summed E-state index contributed by atoms with van der Waals surface area (Å²) in [6.45, 7) is 2.56. The molecule has 3 aromatic carbocycles. The number of ketones is 1. The van der Waals surface area contributed by atoms with Gasteiger partial charge in [0.05, 0.1) is 6.10 Å². The molecular formula is C24H23NO2. The molecule has 0 fully saturated rings. The van der Waals surface area contributed by atoms with Gasteiger partial charge in [0.25, 0.3) is 0 Å². The molecule has 0 spiro atoms. The number of hydrogen-bond donors (Lipinski definition) is 1. The first-order valence-electron chi connectivity index (χ1n) is 9.47. The number of benzene rings is 3. The normalized spacial score (nSPS) is 12.5. The van der Waals surface area contributed by atoms with E-state index in [1.807, 2.05) is 77.5 Å². The van der Waals surface area contributed by atoms with Crippen LogP contribution in [0.3, 0.4) is 0 Å². The molecule has 0 saturated heterocycles. The van der Waals surface area contributed by atoms with E-state index in [0.29, 0.717) is 17.7 Å². The number of rotatable bonds is 6. The molecule has 1 atom stereocenters. The fourth-order valence-corrected chi connectivity index (χ4v) is 3.80. The van der Waals surface area contributed by atoms with E-state index in [1.165, 1.54) is 0 Å². The molecule has 0 aliphatic rings. The lowest BCUT2D eigenvalue weighted by molar-refractivity contribution is 0.104. The highest BCUT2D eigenvalue weighted by molar-refractivity contribution is 6.21. The van der Waals surface area contributed by atoms with Crippen LogP contribution in [0.2, 0.25) is 0 Å². The van der Waals surface area contributed by atoms with Crippen molar-refractivity contribution in [2.24, 2.45) is 0 Å². The highest BCUT2D eigenvalue weighted by Crippen LogP contribution is 2.27. The van der Waals surface area contributed by atoms with Crippen LogP contribution in [0.1, 0.15) is 35.7 Å². The molecule has 136 valence electrons. The zero-order chi connectivity index (χ0) is 18.8. The Hall–Kier alpha value is -2.91. The van der Waals surface area contributed by atoms with E-state index >= 15 is 0 Å². The quantitative estimate of drug-likeness (QED) is 0.483. The van der Waals surface area contributed by atoms with Crippen LogP contribution >= 0.6 is 0 Å². The number of hydrogen-bond acceptors (Lipinski definition) is 2. The van der Waals surface area contributed by atoms with Gasteiger partial charge < -0.3 is 9.67 Å². The molecule has 0 aliphatic carbocycles. The van der Waals surface area contributed by atoms with E-state index in [4.69, 9.17) is 0 Å². The van der Waals surface area contributed by atoms with Crippen LogP contribution in [-0.2, 0) is 6.54 Å². The lowest BCUT2D eigenvalue weighted by Gasteiger charge is -2.11. The van der Waals surface area contributed by atoms with Gasteiger partial charge in [0.1, 0.15) is 0 Å². The number of carbonyl (C=O) groups is 1. The Morgan fingerprint density at radius 1 is 0.926 bits per heavy atom. The molecule has 0 amide bonds. The largest absolute Gasteiger partial charge is 0.391 e. The lowest BCUT2D eigenvalue weighted by atomic mass is 9.97. The zero-order valence-corrected chi connectivity index (χ0v) is 15.4. The van der Waals surface area contributed by atoms with E-state index in [0.717, 1.165) is 34.5 Å². The van der Waals surface area contributed by atoms with Crippen molar-refractivity contribution in [1.29, 1.82) is 0 Å². The van der Waals surface area contributed by atoms with Crippen molar-refractivity contribution in [2.75, 3.05) is 0 Å². The first-order chi connectivity index (χ1) is 13.2. The van der Waals surface area contributed by atoms with Crippen LogP contribution in [0.15, 0.2) is 72.9 Å². The second-order valence-corrected chi connectivity index (χ2v) is 7.01. The number of aromatic nitrogens is 1. The van der Waals surface area contributed by atoms with Gasteiger partial charge in [0.2, 0.25) is 0 Å². The fourth-order valence-electron chi connectivity index (χ4n) is 3.80. The van der Waals surface area contributed by atoms with Gasteiger partial charge in [-0.05, 0) is 23.3 Å². The molecule has 0 saturated carbocycles. The SMILES string of the molecule is CCC[C@H](O)Cn1cc(C(=O)c2cccc3ccccc23)c2ccccc21. The van der Waals surface area contributed by atoms with Gasteiger partial charge in [-0.2, -0.15) is 0 Å². The Morgan fingerprint density at radius 3 is 2.44 bits per heavy atom. The summed E-state index contributed by atoms with van der Waals surface area (Å²) in [7, 11) is 0. The molecule has 0 aliphatic heterocycles. The van der Waals surface area contributed by atoms with Gasteiger partial charge in [-0.15, -0.1) is 0 Å². The van der Waals surface area contributed by atoms with E-state index in [-0.39, 0.29) is 5.78 Å². The van der Waals surface area contributed by atoms with Crippen molar-refractivity contribution >= 4 is 27.5 Å². The van der Waals surface area contributed by atoms with Gasteiger partial charge in [0.15, 0.2) is 5.78 Å². The van der Waals surface area contributed by atoms with Crippen molar-refractivity contribution in [2.45, 2.75) is 32.4 Å². The molecule has 3 nitrogen and oxygen atoms in total. The van der Waals surface area contributed by atoms with Crippen molar-refractivity contribution in [3.63, 3.8) is 0 Å². The van der Waals surface area contributed by atoms with Gasteiger partial charge in [0, 0.05) is 34.8 Å². The highest BCUT2D eigenvalue weighted by atomic mass is 16.3. The van der Waals surface area contributed by atoms with Crippen LogP contribution in [0.4, 0.5) is 0 Å². The first kappa shape index (κ1) is 17.5. The highest BCUT2D eigenvalue weighted by Gasteiger charge is 2.19. The van der Waals surface area contributed by atoms with Crippen LogP contribution in [0, 0.1) is 0 Å². The van der Waals surface area contributed by atoms with Crippen molar-refractivity contribution in [3.8, 4) is 0 Å². The summed E-state index contributed by atoms with van der Waals surface area (Å²) in [4.78, 5) is 13.4. The summed E-state index contributed by atoms with van der Waals surface area (Å²) in [5.41, 5.74) is 2.38. The predicted octanol–water partition coefficient (Wildman–Crippen LogP) is 5.19. The molecule has 0 unspecified atom stereocenters. The van der Waals surface area contributed by atoms with Crippen molar-refractivity contribution in [1.82, 2.24) is 4.57 Å². The minimum absolute atomic E-state index is 0.0201. The molecule has 1 aromatic heterocycles. The zero-order valence-electron chi connectivity index (χ0n) is 15.4. The molecule has 27 heavy (non-hydrogen) atoms. The summed E-state index contributed by atoms with van der Waals surface area (Å²) in [5.74, 6) is 0.0201. The molecule has 1 heterocycles. The number of aliphatic hydroxyl groups is 1. The molecule has 4 aromatic rings. The first-order valence-corrected chi connectivity index (χ1v) is 9.47. The second kappa shape index (κ2) is 7.37. The third-order valence-corrected chi connectivity index (χ3v) is 5.10. The Morgan fingerprint density at radius 2 is 1.63 bits per heavy atom. The molecule has 0 bridgehead atoms. The summed E-state index contributed by atoms with van der Waals surface area (Å²) < 4.78 is 2.01. The van der Waals surface area contributed by atoms with Gasteiger partial charge in [-0.3, -0.25) is 4.79 Å². The fraction of sp³-hybridized carbons (Fsp3) is 0.208. The summed E-state index contributed by atoms with van der Waals surface area (Å²) in [5, 5.41) is 13.2. The second-order valence-electron chi connectivity index (χ2n) is 7.01. The molecule has 3 heteroatoms. The minimum atomic E-state index is -0.411. The van der Waals surface area contributed by atoms with E-state index in [9.17, 15) is 9.90 Å². The summed E-state index contributed by atoms with van der Waals surface area (Å²) >= 11 is 0. The Balaban J connectivity index is 1.82. The summed E-state index contributed by atoms with van der Waals surface area (Å²) in [6, 6.07) is 21.7. The third kappa shape index (κ3) is 3.26. The maximum atomic E-state index is 13.4. The Kier molecular flexibility index (Phi) is 4.78. The molecular weight excluding hydrogens is 334 g/mol. The minimum Gasteiger partial charge on any atom is -0.391 e. The topological polar surface area (TPSA) is 42.2 Å². The predicted molar refractivity (Wildman–Crippen MR) is 110 cm³/mol. The van der Waals surface area contributed by atoms with Gasteiger partial charge in [-0.25, -0.2) is 0 Å².